The number of H-pyrrole nitrogens is 1. The molecule has 0 radical (unpaired) electrons. The van der Waals surface area contributed by atoms with Crippen molar-refractivity contribution in [3.8, 4) is 0 Å². The molecule has 3 N–H and O–H groups in total. The summed E-state index contributed by atoms with van der Waals surface area (Å²) in [5.74, 6) is -1.31. The van der Waals surface area contributed by atoms with E-state index < -0.39 is 11.9 Å². The Balaban J connectivity index is 1.68. The lowest BCUT2D eigenvalue weighted by Gasteiger charge is -2.26. The molecule has 1 atom stereocenters. The Morgan fingerprint density at radius 3 is 2.45 bits per heavy atom. The van der Waals surface area contributed by atoms with Gasteiger partial charge in [0.05, 0.1) is 24.4 Å². The summed E-state index contributed by atoms with van der Waals surface area (Å²) in [6, 6.07) is 4.10. The van der Waals surface area contributed by atoms with Crippen LogP contribution in [0.25, 0.3) is 11.6 Å². The monoisotopic (exact) mass is 530 g/mol. The summed E-state index contributed by atoms with van der Waals surface area (Å²) in [4.78, 5) is 43.3. The first-order chi connectivity index (χ1) is 18.2. The highest BCUT2D eigenvalue weighted by Gasteiger charge is 2.27. The number of hydrogen-bond donors (Lipinski definition) is 3. The van der Waals surface area contributed by atoms with Crippen LogP contribution in [0.2, 0.25) is 0 Å². The predicted molar refractivity (Wildman–Crippen MR) is 141 cm³/mol. The summed E-state index contributed by atoms with van der Waals surface area (Å²) in [5.41, 5.74) is 3.59. The lowest BCUT2D eigenvalue weighted by molar-refractivity contribution is -0.143. The van der Waals surface area contributed by atoms with Gasteiger partial charge in [-0.25, -0.2) is 4.39 Å². The second-order valence-corrected chi connectivity index (χ2v) is 8.95. The molecule has 10 nitrogen and oxygen atoms in total. The molecule has 3 amide bonds. The van der Waals surface area contributed by atoms with Crippen molar-refractivity contribution in [3.05, 3.63) is 52.1 Å². The van der Waals surface area contributed by atoms with Gasteiger partial charge in [-0.3, -0.25) is 14.4 Å². The minimum absolute atomic E-state index is 0.203. The first kappa shape index (κ1) is 29.0. The Morgan fingerprint density at radius 2 is 1.82 bits per heavy atom. The molecule has 0 saturated carbocycles. The lowest BCUT2D eigenvalue weighted by Crippen LogP contribution is -2.44. The van der Waals surface area contributed by atoms with Gasteiger partial charge >= 0.3 is 0 Å². The number of nitrogens with one attached hydrogen (secondary N) is 3. The second-order valence-electron chi connectivity index (χ2n) is 8.95. The number of amides is 3. The van der Waals surface area contributed by atoms with E-state index in [0.29, 0.717) is 65.6 Å². The number of rotatable bonds is 13. The van der Waals surface area contributed by atoms with E-state index in [2.05, 4.69) is 15.6 Å². The third-order valence-corrected chi connectivity index (χ3v) is 6.45. The van der Waals surface area contributed by atoms with Crippen LogP contribution >= 0.6 is 0 Å². The Morgan fingerprint density at radius 1 is 1.13 bits per heavy atom. The van der Waals surface area contributed by atoms with Crippen LogP contribution in [0.5, 0.6) is 0 Å². The van der Waals surface area contributed by atoms with Gasteiger partial charge in [-0.05, 0) is 50.1 Å². The number of benzene rings is 1. The van der Waals surface area contributed by atoms with Gasteiger partial charge in [-0.15, -0.1) is 0 Å². The van der Waals surface area contributed by atoms with Crippen LogP contribution in [0.3, 0.4) is 0 Å². The highest BCUT2D eigenvalue weighted by atomic mass is 19.1. The smallest absolute Gasteiger partial charge is 0.256 e. The third-order valence-electron chi connectivity index (χ3n) is 6.45. The molecule has 0 spiro atoms. The van der Waals surface area contributed by atoms with Crippen molar-refractivity contribution in [2.24, 2.45) is 0 Å². The van der Waals surface area contributed by atoms with Crippen LogP contribution < -0.4 is 10.6 Å². The van der Waals surface area contributed by atoms with Crippen LogP contribution in [-0.4, -0.2) is 87.9 Å². The lowest BCUT2D eigenvalue weighted by atomic mass is 10.0. The summed E-state index contributed by atoms with van der Waals surface area (Å²) in [6.07, 6.45) is 1.16. The maximum atomic E-state index is 13.8. The summed E-state index contributed by atoms with van der Waals surface area (Å²) in [7, 11) is 4.59. The standard InChI is InChI=1S/C27H35FN4O6/c1-16-22(15-20-19-14-18(28)6-7-21(19)31-25(20)33)30-17(2)24(16)26(34)29-9-8-23(38-5)27(35)32(10-12-36-3)11-13-37-4/h6-7,14-15,23,30H,8-13H2,1-5H3,(H,29,34)(H,31,33)/b20-15-/t23-/m0/s1. The van der Waals surface area contributed by atoms with Crippen LogP contribution in [0.1, 0.15) is 39.3 Å². The molecule has 0 unspecified atom stereocenters. The average Bonchev–Trinajstić information content (AvgIpc) is 3.35. The van der Waals surface area contributed by atoms with Gasteiger partial charge in [-0.2, -0.15) is 0 Å². The molecule has 0 aliphatic carbocycles. The number of aromatic nitrogens is 1. The van der Waals surface area contributed by atoms with Crippen LogP contribution in [0.15, 0.2) is 18.2 Å². The molecule has 0 bridgehead atoms. The van der Waals surface area contributed by atoms with Crippen molar-refractivity contribution in [2.45, 2.75) is 26.4 Å². The molecule has 2 aromatic rings. The summed E-state index contributed by atoms with van der Waals surface area (Å²) >= 11 is 0. The molecule has 1 aliphatic rings. The van der Waals surface area contributed by atoms with Crippen LogP contribution in [0, 0.1) is 19.7 Å². The van der Waals surface area contributed by atoms with Gasteiger partial charge in [0.15, 0.2) is 0 Å². The number of aryl methyl sites for hydroxylation is 1. The van der Waals surface area contributed by atoms with E-state index in [1.54, 1.807) is 39.0 Å². The van der Waals surface area contributed by atoms with E-state index in [-0.39, 0.29) is 30.7 Å². The maximum absolute atomic E-state index is 13.8. The topological polar surface area (TPSA) is 122 Å². The van der Waals surface area contributed by atoms with Crippen molar-refractivity contribution in [3.63, 3.8) is 0 Å². The van der Waals surface area contributed by atoms with Crippen LogP contribution in [-0.2, 0) is 23.8 Å². The van der Waals surface area contributed by atoms with Gasteiger partial charge in [-0.1, -0.05) is 0 Å². The third kappa shape index (κ3) is 6.66. The first-order valence-corrected chi connectivity index (χ1v) is 12.3. The van der Waals surface area contributed by atoms with Crippen molar-refractivity contribution >= 4 is 35.1 Å². The van der Waals surface area contributed by atoms with Crippen molar-refractivity contribution in [1.29, 1.82) is 0 Å². The fraction of sp³-hybridized carbons (Fsp3) is 0.444. The van der Waals surface area contributed by atoms with Gasteiger partial charge in [0.2, 0.25) is 0 Å². The molecule has 3 rings (SSSR count). The average molecular weight is 531 g/mol. The van der Waals surface area contributed by atoms with E-state index in [1.807, 2.05) is 0 Å². The molecule has 1 aromatic carbocycles. The van der Waals surface area contributed by atoms with Crippen molar-refractivity contribution in [1.82, 2.24) is 15.2 Å². The molecule has 0 fully saturated rings. The molecule has 1 aromatic heterocycles. The van der Waals surface area contributed by atoms with Gasteiger partial charge in [0.1, 0.15) is 11.9 Å². The minimum Gasteiger partial charge on any atom is -0.383 e. The number of aromatic amines is 1. The van der Waals surface area contributed by atoms with Crippen molar-refractivity contribution in [2.75, 3.05) is 59.5 Å². The SMILES string of the molecule is COCCN(CCOC)C(=O)[C@H](CCNC(=O)c1c(C)[nH]c(/C=C2\C(=O)Nc3ccc(F)cc32)c1C)OC. The Labute approximate surface area is 221 Å². The molecular weight excluding hydrogens is 495 g/mol. The number of carbonyl (C=O) groups excluding carboxylic acids is 3. The highest BCUT2D eigenvalue weighted by molar-refractivity contribution is 6.34. The first-order valence-electron chi connectivity index (χ1n) is 12.3. The molecule has 0 saturated heterocycles. The van der Waals surface area contributed by atoms with E-state index in [4.69, 9.17) is 14.2 Å². The minimum atomic E-state index is -0.737. The van der Waals surface area contributed by atoms with Crippen LogP contribution in [0.4, 0.5) is 10.1 Å². The number of nitrogens with zero attached hydrogens (tertiary/aromatic N) is 1. The second kappa shape index (κ2) is 13.3. The summed E-state index contributed by atoms with van der Waals surface area (Å²) in [5, 5.41) is 5.57. The van der Waals surface area contributed by atoms with Gasteiger partial charge in [0, 0.05) is 63.6 Å². The number of methoxy groups -OCH3 is 3. The fourth-order valence-electron chi connectivity index (χ4n) is 4.39. The number of hydrogen-bond acceptors (Lipinski definition) is 6. The molecular formula is C27H35FN4O6. The number of carbonyl (C=O) groups is 3. The molecule has 1 aliphatic heterocycles. The summed E-state index contributed by atoms with van der Waals surface area (Å²) in [6.45, 7) is 5.32. The van der Waals surface area contributed by atoms with E-state index >= 15 is 0 Å². The maximum Gasteiger partial charge on any atom is 0.256 e. The van der Waals surface area contributed by atoms with E-state index in [0.717, 1.165) is 0 Å². The zero-order valence-electron chi connectivity index (χ0n) is 22.4. The molecule has 2 heterocycles. The quantitative estimate of drug-likeness (QED) is 0.342. The zero-order valence-corrected chi connectivity index (χ0v) is 22.4. The molecule has 38 heavy (non-hydrogen) atoms. The fourth-order valence-corrected chi connectivity index (χ4v) is 4.39. The summed E-state index contributed by atoms with van der Waals surface area (Å²) < 4.78 is 29.4. The van der Waals surface area contributed by atoms with Gasteiger partial charge < -0.3 is 34.7 Å². The van der Waals surface area contributed by atoms with Gasteiger partial charge in [0.25, 0.3) is 17.7 Å². The highest BCUT2D eigenvalue weighted by Crippen LogP contribution is 2.34. The Kier molecular flexibility index (Phi) is 10.2. The number of anilines is 1. The van der Waals surface area contributed by atoms with Crippen molar-refractivity contribution < 1.29 is 33.0 Å². The largest absolute Gasteiger partial charge is 0.383 e. The van der Waals surface area contributed by atoms with E-state index in [9.17, 15) is 18.8 Å². The number of ether oxygens (including phenoxy) is 3. The zero-order chi connectivity index (χ0) is 27.8. The Hall–Kier alpha value is -3.54. The normalized spacial score (nSPS) is 14.4. The molecule has 206 valence electrons. The molecule has 11 heteroatoms. The predicted octanol–water partition coefficient (Wildman–Crippen LogP) is 2.52. The number of halogens is 1. The number of fused-ring (bicyclic) bond motifs is 1. The van der Waals surface area contributed by atoms with E-state index in [1.165, 1.54) is 25.3 Å². The Bertz CT molecular complexity index is 1200.